The van der Waals surface area contributed by atoms with Crippen LogP contribution in [0.15, 0.2) is 24.5 Å². The second-order valence-electron chi connectivity index (χ2n) is 7.11. The molecule has 0 spiro atoms. The number of carbonyl (C=O) groups excluding carboxylic acids is 1. The molecule has 2 aliphatic heterocycles. The number of fused-ring (bicyclic) bond motifs is 1. The number of anilines is 1. The van der Waals surface area contributed by atoms with E-state index < -0.39 is 0 Å². The first kappa shape index (κ1) is 17.0. The maximum absolute atomic E-state index is 13.1. The van der Waals surface area contributed by atoms with E-state index in [1.165, 1.54) is 0 Å². The van der Waals surface area contributed by atoms with Gasteiger partial charge in [0.05, 0.1) is 17.9 Å². The Kier molecular flexibility index (Phi) is 4.40. The summed E-state index contributed by atoms with van der Waals surface area (Å²) >= 11 is 0. The van der Waals surface area contributed by atoms with Crippen LogP contribution in [0, 0.1) is 0 Å². The van der Waals surface area contributed by atoms with Crippen LogP contribution in [0.25, 0.3) is 0 Å². The van der Waals surface area contributed by atoms with Crippen LogP contribution in [0.5, 0.6) is 0 Å². The van der Waals surface area contributed by atoms with Gasteiger partial charge in [-0.3, -0.25) is 14.5 Å². The van der Waals surface area contributed by atoms with Gasteiger partial charge in [-0.05, 0) is 26.0 Å². The smallest absolute Gasteiger partial charge is 0.274 e. The van der Waals surface area contributed by atoms with Crippen molar-refractivity contribution in [3.05, 3.63) is 41.5 Å². The highest BCUT2D eigenvalue weighted by Gasteiger charge is 2.33. The Balaban J connectivity index is 1.50. The number of aryl methyl sites for hydroxylation is 1. The molecule has 4 rings (SSSR count). The van der Waals surface area contributed by atoms with Crippen molar-refractivity contribution in [1.29, 1.82) is 0 Å². The molecule has 2 atom stereocenters. The average Bonchev–Trinajstić information content (AvgIpc) is 2.98. The fraction of sp³-hybridized carbons (Fsp3) is 0.526. The third-order valence-electron chi connectivity index (χ3n) is 5.30. The van der Waals surface area contributed by atoms with Crippen LogP contribution >= 0.6 is 0 Å². The quantitative estimate of drug-likeness (QED) is 0.822. The van der Waals surface area contributed by atoms with Gasteiger partial charge in [-0.1, -0.05) is 0 Å². The number of amides is 1. The molecule has 0 N–H and O–H groups in total. The van der Waals surface area contributed by atoms with Gasteiger partial charge in [0.15, 0.2) is 5.69 Å². The van der Waals surface area contributed by atoms with E-state index in [2.05, 4.69) is 15.0 Å². The number of carbonyl (C=O) groups is 1. The van der Waals surface area contributed by atoms with Gasteiger partial charge in [0.1, 0.15) is 0 Å². The van der Waals surface area contributed by atoms with Crippen LogP contribution in [0.2, 0.25) is 0 Å². The van der Waals surface area contributed by atoms with Gasteiger partial charge in [0.2, 0.25) is 0 Å². The van der Waals surface area contributed by atoms with E-state index in [1.54, 1.807) is 12.4 Å². The molecule has 0 saturated carbocycles. The van der Waals surface area contributed by atoms with Gasteiger partial charge in [0, 0.05) is 63.3 Å². The lowest BCUT2D eigenvalue weighted by Gasteiger charge is -2.36. The molecule has 2 aliphatic rings. The minimum Gasteiger partial charge on any atom is -0.369 e. The summed E-state index contributed by atoms with van der Waals surface area (Å²) in [4.78, 5) is 21.4. The molecule has 1 saturated heterocycles. The monoisotopic (exact) mass is 355 g/mol. The highest BCUT2D eigenvalue weighted by molar-refractivity contribution is 5.94. The van der Waals surface area contributed by atoms with Crippen molar-refractivity contribution < 1.29 is 9.53 Å². The maximum atomic E-state index is 13.1. The standard InChI is InChI=1S/C19H25N5O2/c1-13-12-16-17(21-22(3)18(16)14(2)26-13)19(25)24-10-8-23(9-11-24)15-4-6-20-7-5-15/h4-7,13-14H,8-12H2,1-3H3/t13-,14+/m1/s1. The van der Waals surface area contributed by atoms with Crippen molar-refractivity contribution in [3.8, 4) is 0 Å². The van der Waals surface area contributed by atoms with E-state index >= 15 is 0 Å². The first-order chi connectivity index (χ1) is 12.5. The number of hydrogen-bond acceptors (Lipinski definition) is 5. The van der Waals surface area contributed by atoms with E-state index in [0.29, 0.717) is 18.8 Å². The molecule has 7 nitrogen and oxygen atoms in total. The first-order valence-electron chi connectivity index (χ1n) is 9.20. The molecule has 2 aromatic heterocycles. The molecular formula is C19H25N5O2. The fourth-order valence-corrected chi connectivity index (χ4v) is 4.08. The summed E-state index contributed by atoms with van der Waals surface area (Å²) < 4.78 is 7.71. The molecule has 0 aliphatic carbocycles. The number of aromatic nitrogens is 3. The van der Waals surface area contributed by atoms with Crippen molar-refractivity contribution in [2.24, 2.45) is 7.05 Å². The molecule has 26 heavy (non-hydrogen) atoms. The number of ether oxygens (including phenoxy) is 1. The molecule has 0 radical (unpaired) electrons. The SMILES string of the molecule is C[C@@H]1Cc2c(C(=O)N3CCN(c4ccncc4)CC3)nn(C)c2[C@H](C)O1. The zero-order valence-corrected chi connectivity index (χ0v) is 15.6. The van der Waals surface area contributed by atoms with Gasteiger partial charge < -0.3 is 14.5 Å². The largest absolute Gasteiger partial charge is 0.369 e. The molecule has 0 aromatic carbocycles. The van der Waals surface area contributed by atoms with E-state index in [0.717, 1.165) is 36.5 Å². The summed E-state index contributed by atoms with van der Waals surface area (Å²) in [6, 6.07) is 4.02. The highest BCUT2D eigenvalue weighted by Crippen LogP contribution is 2.32. The van der Waals surface area contributed by atoms with E-state index in [-0.39, 0.29) is 18.1 Å². The first-order valence-corrected chi connectivity index (χ1v) is 9.20. The lowest BCUT2D eigenvalue weighted by atomic mass is 9.99. The van der Waals surface area contributed by atoms with Gasteiger partial charge in [0.25, 0.3) is 5.91 Å². The molecule has 1 fully saturated rings. The van der Waals surface area contributed by atoms with Crippen LogP contribution in [0.3, 0.4) is 0 Å². The topological polar surface area (TPSA) is 63.5 Å². The Morgan fingerprint density at radius 1 is 1.15 bits per heavy atom. The van der Waals surface area contributed by atoms with Crippen LogP contribution in [-0.2, 0) is 18.2 Å². The van der Waals surface area contributed by atoms with Crippen LogP contribution in [0.4, 0.5) is 5.69 Å². The Bertz CT molecular complexity index is 796. The second-order valence-corrected chi connectivity index (χ2v) is 7.11. The lowest BCUT2D eigenvalue weighted by molar-refractivity contribution is -0.00906. The third kappa shape index (κ3) is 2.96. The Labute approximate surface area is 153 Å². The Morgan fingerprint density at radius 2 is 1.85 bits per heavy atom. The van der Waals surface area contributed by atoms with Crippen LogP contribution in [-0.4, -0.2) is 57.9 Å². The van der Waals surface area contributed by atoms with Gasteiger partial charge >= 0.3 is 0 Å². The second kappa shape index (κ2) is 6.72. The Morgan fingerprint density at radius 3 is 2.54 bits per heavy atom. The minimum atomic E-state index is -0.0312. The van der Waals surface area contributed by atoms with Crippen molar-refractivity contribution in [1.82, 2.24) is 19.7 Å². The Hall–Kier alpha value is -2.41. The van der Waals surface area contributed by atoms with Crippen molar-refractivity contribution in [3.63, 3.8) is 0 Å². The van der Waals surface area contributed by atoms with Crippen molar-refractivity contribution >= 4 is 11.6 Å². The van der Waals surface area contributed by atoms with Crippen LogP contribution < -0.4 is 4.90 Å². The summed E-state index contributed by atoms with van der Waals surface area (Å²) in [5.41, 5.74) is 3.84. The van der Waals surface area contributed by atoms with E-state index in [9.17, 15) is 4.79 Å². The summed E-state index contributed by atoms with van der Waals surface area (Å²) in [6.07, 6.45) is 4.42. The van der Waals surface area contributed by atoms with Gasteiger partial charge in [-0.2, -0.15) is 5.10 Å². The predicted octanol–water partition coefficient (Wildman–Crippen LogP) is 1.80. The lowest BCUT2D eigenvalue weighted by Crippen LogP contribution is -2.49. The molecule has 1 amide bonds. The zero-order valence-electron chi connectivity index (χ0n) is 15.6. The molecule has 2 aromatic rings. The highest BCUT2D eigenvalue weighted by atomic mass is 16.5. The van der Waals surface area contributed by atoms with Crippen molar-refractivity contribution in [2.45, 2.75) is 32.5 Å². The third-order valence-corrected chi connectivity index (χ3v) is 5.30. The number of rotatable bonds is 2. The maximum Gasteiger partial charge on any atom is 0.274 e. The molecular weight excluding hydrogens is 330 g/mol. The number of pyridine rings is 1. The minimum absolute atomic E-state index is 0.0312. The van der Waals surface area contributed by atoms with Crippen molar-refractivity contribution in [2.75, 3.05) is 31.1 Å². The fourth-order valence-electron chi connectivity index (χ4n) is 4.08. The molecule has 4 heterocycles. The summed E-state index contributed by atoms with van der Waals surface area (Å²) in [7, 11) is 1.90. The molecule has 7 heteroatoms. The van der Waals surface area contributed by atoms with E-state index in [4.69, 9.17) is 4.74 Å². The number of hydrogen-bond donors (Lipinski definition) is 0. The summed E-state index contributed by atoms with van der Waals surface area (Å²) in [5, 5.41) is 4.55. The van der Waals surface area contributed by atoms with Crippen LogP contribution in [0.1, 0.15) is 41.7 Å². The molecule has 138 valence electrons. The predicted molar refractivity (Wildman–Crippen MR) is 98.2 cm³/mol. The molecule has 0 bridgehead atoms. The van der Waals surface area contributed by atoms with Gasteiger partial charge in [-0.15, -0.1) is 0 Å². The molecule has 0 unspecified atom stereocenters. The number of nitrogens with zero attached hydrogens (tertiary/aromatic N) is 5. The van der Waals surface area contributed by atoms with Gasteiger partial charge in [-0.25, -0.2) is 0 Å². The average molecular weight is 355 g/mol. The zero-order chi connectivity index (χ0) is 18.3. The summed E-state index contributed by atoms with van der Waals surface area (Å²) in [6.45, 7) is 7.12. The number of piperazine rings is 1. The van der Waals surface area contributed by atoms with E-state index in [1.807, 2.05) is 42.6 Å². The normalized spacial score (nSPS) is 23.0. The summed E-state index contributed by atoms with van der Waals surface area (Å²) in [5.74, 6) is 0.0394.